The Bertz CT molecular complexity index is 409. The van der Waals surface area contributed by atoms with E-state index < -0.39 is 6.03 Å². The number of anilines is 1. The third kappa shape index (κ3) is 2.97. The molecular weight excluding hydrogens is 214 g/mol. The Labute approximate surface area is 102 Å². The van der Waals surface area contributed by atoms with Gasteiger partial charge in [0.25, 0.3) is 0 Å². The largest absolute Gasteiger partial charge is 0.351 e. The maximum Gasteiger partial charge on any atom is 0.318 e. The van der Waals surface area contributed by atoms with Crippen molar-refractivity contribution < 1.29 is 4.79 Å². The van der Waals surface area contributed by atoms with Crippen molar-refractivity contribution in [2.45, 2.75) is 31.2 Å². The molecule has 0 saturated heterocycles. The molecule has 1 aromatic carbocycles. The van der Waals surface area contributed by atoms with Crippen LogP contribution in [-0.2, 0) is 6.42 Å². The van der Waals surface area contributed by atoms with Crippen LogP contribution in [-0.4, -0.2) is 18.6 Å². The van der Waals surface area contributed by atoms with Crippen molar-refractivity contribution in [3.63, 3.8) is 0 Å². The Kier molecular flexibility index (Phi) is 3.07. The number of hydrogen-bond acceptors (Lipinski definition) is 2. The van der Waals surface area contributed by atoms with E-state index in [-0.39, 0.29) is 5.54 Å². The summed E-state index contributed by atoms with van der Waals surface area (Å²) in [7, 11) is 1.66. The van der Waals surface area contributed by atoms with Crippen LogP contribution < -0.4 is 16.4 Å². The van der Waals surface area contributed by atoms with E-state index in [0.29, 0.717) is 0 Å². The van der Waals surface area contributed by atoms with Crippen molar-refractivity contribution in [1.29, 1.82) is 0 Å². The molecule has 0 atom stereocenters. The third-order valence-corrected chi connectivity index (χ3v) is 3.46. The van der Waals surface area contributed by atoms with Gasteiger partial charge in [0.2, 0.25) is 0 Å². The molecule has 17 heavy (non-hydrogen) atoms. The van der Waals surface area contributed by atoms with Crippen LogP contribution in [0.2, 0.25) is 0 Å². The summed E-state index contributed by atoms with van der Waals surface area (Å²) in [6, 6.07) is 7.43. The molecule has 92 valence electrons. The Balaban J connectivity index is 1.95. The van der Waals surface area contributed by atoms with Crippen molar-refractivity contribution >= 4 is 11.7 Å². The molecule has 4 N–H and O–H groups in total. The average Bonchev–Trinajstić information content (AvgIpc) is 3.05. The lowest BCUT2D eigenvalue weighted by Crippen LogP contribution is -2.31. The number of nitrogens with two attached hydrogens (primary N) is 2. The topological polar surface area (TPSA) is 72.3 Å². The van der Waals surface area contributed by atoms with Gasteiger partial charge in [0.15, 0.2) is 0 Å². The van der Waals surface area contributed by atoms with Crippen LogP contribution in [0.3, 0.4) is 0 Å². The minimum Gasteiger partial charge on any atom is -0.351 e. The van der Waals surface area contributed by atoms with Gasteiger partial charge in [-0.2, -0.15) is 0 Å². The number of nitrogens with zero attached hydrogens (tertiary/aromatic N) is 1. The summed E-state index contributed by atoms with van der Waals surface area (Å²) >= 11 is 0. The molecule has 1 aliphatic rings. The van der Waals surface area contributed by atoms with Crippen LogP contribution >= 0.6 is 0 Å². The van der Waals surface area contributed by atoms with E-state index in [2.05, 4.69) is 0 Å². The summed E-state index contributed by atoms with van der Waals surface area (Å²) in [5, 5.41) is 0. The second-order valence-corrected chi connectivity index (χ2v) is 4.93. The smallest absolute Gasteiger partial charge is 0.318 e. The first-order valence-corrected chi connectivity index (χ1v) is 5.91. The second-order valence-electron chi connectivity index (χ2n) is 4.93. The van der Waals surface area contributed by atoms with Gasteiger partial charge in [-0.1, -0.05) is 12.1 Å². The van der Waals surface area contributed by atoms with Crippen LogP contribution in [0.5, 0.6) is 0 Å². The van der Waals surface area contributed by atoms with E-state index in [0.717, 1.165) is 31.4 Å². The number of primary amides is 1. The number of benzene rings is 1. The molecule has 0 aliphatic heterocycles. The number of carbonyl (C=O) groups is 1. The van der Waals surface area contributed by atoms with Crippen LogP contribution in [0, 0.1) is 0 Å². The molecule has 4 nitrogen and oxygen atoms in total. The van der Waals surface area contributed by atoms with Crippen molar-refractivity contribution in [2.75, 3.05) is 11.9 Å². The lowest BCUT2D eigenvalue weighted by molar-refractivity contribution is 0.255. The Morgan fingerprint density at radius 2 is 1.94 bits per heavy atom. The first kappa shape index (κ1) is 11.9. The van der Waals surface area contributed by atoms with Crippen LogP contribution in [0.25, 0.3) is 0 Å². The zero-order valence-electron chi connectivity index (χ0n) is 10.1. The maximum atomic E-state index is 11.0. The fraction of sp³-hybridized carbons (Fsp3) is 0.462. The number of carbonyl (C=O) groups excluding carboxylic acids is 1. The normalized spacial score (nSPS) is 16.6. The van der Waals surface area contributed by atoms with Crippen molar-refractivity contribution in [3.05, 3.63) is 29.8 Å². The Morgan fingerprint density at radius 1 is 1.35 bits per heavy atom. The van der Waals surface area contributed by atoms with Gasteiger partial charge >= 0.3 is 6.03 Å². The molecule has 0 aromatic heterocycles. The monoisotopic (exact) mass is 233 g/mol. The zero-order chi connectivity index (χ0) is 12.5. The molecule has 1 saturated carbocycles. The van der Waals surface area contributed by atoms with Crippen LogP contribution in [0.1, 0.15) is 24.8 Å². The zero-order valence-corrected chi connectivity index (χ0v) is 10.1. The van der Waals surface area contributed by atoms with E-state index in [4.69, 9.17) is 11.5 Å². The molecule has 0 bridgehead atoms. The lowest BCUT2D eigenvalue weighted by atomic mass is 10.0. The van der Waals surface area contributed by atoms with Gasteiger partial charge in [-0.05, 0) is 43.4 Å². The summed E-state index contributed by atoms with van der Waals surface area (Å²) in [6.45, 7) is 0. The number of rotatable bonds is 4. The lowest BCUT2D eigenvalue weighted by Gasteiger charge is -2.15. The molecule has 1 fully saturated rings. The minimum atomic E-state index is -0.448. The summed E-state index contributed by atoms with van der Waals surface area (Å²) in [5.74, 6) is 0. The summed E-state index contributed by atoms with van der Waals surface area (Å²) in [6.07, 6.45) is 4.33. The summed E-state index contributed by atoms with van der Waals surface area (Å²) in [5.41, 5.74) is 13.4. The molecule has 2 rings (SSSR count). The van der Waals surface area contributed by atoms with Gasteiger partial charge in [0.05, 0.1) is 0 Å². The SMILES string of the molecule is CN(C(N)=O)c1ccc(CCC2(N)CC2)cc1. The summed E-state index contributed by atoms with van der Waals surface area (Å²) in [4.78, 5) is 12.4. The number of aryl methyl sites for hydroxylation is 1. The first-order valence-electron chi connectivity index (χ1n) is 5.91. The van der Waals surface area contributed by atoms with Crippen molar-refractivity contribution in [1.82, 2.24) is 0 Å². The quantitative estimate of drug-likeness (QED) is 0.829. The van der Waals surface area contributed by atoms with Crippen molar-refractivity contribution in [2.24, 2.45) is 11.5 Å². The molecule has 0 heterocycles. The van der Waals surface area contributed by atoms with Crippen LogP contribution in [0.15, 0.2) is 24.3 Å². The fourth-order valence-electron chi connectivity index (χ4n) is 1.82. The summed E-state index contributed by atoms with van der Waals surface area (Å²) < 4.78 is 0. The van der Waals surface area contributed by atoms with Gasteiger partial charge in [-0.15, -0.1) is 0 Å². The molecule has 1 aromatic rings. The highest BCUT2D eigenvalue weighted by Crippen LogP contribution is 2.36. The van der Waals surface area contributed by atoms with Gasteiger partial charge in [-0.3, -0.25) is 4.90 Å². The molecule has 4 heteroatoms. The van der Waals surface area contributed by atoms with E-state index in [9.17, 15) is 4.79 Å². The van der Waals surface area contributed by atoms with E-state index >= 15 is 0 Å². The number of hydrogen-bond donors (Lipinski definition) is 2. The minimum absolute atomic E-state index is 0.0999. The van der Waals surface area contributed by atoms with Gasteiger partial charge in [0, 0.05) is 18.3 Å². The Morgan fingerprint density at radius 3 is 2.41 bits per heavy atom. The van der Waals surface area contributed by atoms with E-state index in [1.807, 2.05) is 24.3 Å². The van der Waals surface area contributed by atoms with Crippen molar-refractivity contribution in [3.8, 4) is 0 Å². The molecule has 0 spiro atoms. The molecule has 0 unspecified atom stereocenters. The van der Waals surface area contributed by atoms with Gasteiger partial charge < -0.3 is 11.5 Å². The molecule has 2 amide bonds. The first-order chi connectivity index (χ1) is 8.00. The van der Waals surface area contributed by atoms with Crippen LogP contribution in [0.4, 0.5) is 10.5 Å². The standard InChI is InChI=1S/C13H19N3O/c1-16(12(14)17)11-4-2-10(3-5-11)6-7-13(15)8-9-13/h2-5H,6-9,15H2,1H3,(H2,14,17). The van der Waals surface area contributed by atoms with Gasteiger partial charge in [0.1, 0.15) is 0 Å². The predicted octanol–water partition coefficient (Wildman–Crippen LogP) is 1.63. The number of amides is 2. The average molecular weight is 233 g/mol. The Hall–Kier alpha value is -1.55. The van der Waals surface area contributed by atoms with E-state index in [1.54, 1.807) is 7.05 Å². The molecule has 0 radical (unpaired) electrons. The highest BCUT2D eigenvalue weighted by Gasteiger charge is 2.37. The second kappa shape index (κ2) is 4.37. The molecular formula is C13H19N3O. The van der Waals surface area contributed by atoms with E-state index in [1.165, 1.54) is 10.5 Å². The fourth-order valence-corrected chi connectivity index (χ4v) is 1.82. The highest BCUT2D eigenvalue weighted by molar-refractivity contribution is 5.89. The third-order valence-electron chi connectivity index (χ3n) is 3.46. The van der Waals surface area contributed by atoms with Gasteiger partial charge in [-0.25, -0.2) is 4.79 Å². The predicted molar refractivity (Wildman–Crippen MR) is 68.9 cm³/mol. The highest BCUT2D eigenvalue weighted by atomic mass is 16.2. The number of urea groups is 1. The maximum absolute atomic E-state index is 11.0. The molecule has 1 aliphatic carbocycles.